The van der Waals surface area contributed by atoms with E-state index in [1.54, 1.807) is 0 Å². The van der Waals surface area contributed by atoms with Gasteiger partial charge in [-0.1, -0.05) is 0 Å². The van der Waals surface area contributed by atoms with Crippen LogP contribution in [0.25, 0.3) is 0 Å². The fourth-order valence-electron chi connectivity index (χ4n) is 6.44. The molecule has 4 aliphatic carbocycles. The number of carbonyl (C=O) groups is 2. The van der Waals surface area contributed by atoms with Crippen LogP contribution < -0.4 is 5.32 Å². The number of hydrogen-bond donors (Lipinski definition) is 1. The molecule has 0 aromatic heterocycles. The lowest BCUT2D eigenvalue weighted by molar-refractivity contribution is -0.136. The quantitative estimate of drug-likeness (QED) is 0.866. The molecule has 128 valence electrons. The van der Waals surface area contributed by atoms with E-state index >= 15 is 0 Å². The van der Waals surface area contributed by atoms with Crippen molar-refractivity contribution in [2.75, 3.05) is 6.54 Å². The maximum Gasteiger partial charge on any atom is 0.245 e. The van der Waals surface area contributed by atoms with Crippen molar-refractivity contribution in [2.45, 2.75) is 77.3 Å². The van der Waals surface area contributed by atoms with Crippen LogP contribution in [0.2, 0.25) is 0 Å². The minimum atomic E-state index is -0.279. The molecule has 2 amide bonds. The first-order valence-corrected chi connectivity index (χ1v) is 9.54. The first kappa shape index (κ1) is 15.5. The van der Waals surface area contributed by atoms with Gasteiger partial charge in [-0.25, -0.2) is 0 Å². The fourth-order valence-corrected chi connectivity index (χ4v) is 6.44. The van der Waals surface area contributed by atoms with Crippen LogP contribution in [0.1, 0.15) is 65.2 Å². The molecule has 1 N–H and O–H groups in total. The molecule has 1 saturated heterocycles. The number of hydrogen-bond acceptors (Lipinski definition) is 2. The highest BCUT2D eigenvalue weighted by molar-refractivity contribution is 5.89. The molecule has 0 unspecified atom stereocenters. The molecular formula is C19H30N2O2. The van der Waals surface area contributed by atoms with E-state index in [-0.39, 0.29) is 29.3 Å². The lowest BCUT2D eigenvalue weighted by Crippen LogP contribution is -2.49. The number of nitrogens with zero attached hydrogens (tertiary/aromatic N) is 1. The van der Waals surface area contributed by atoms with Crippen molar-refractivity contribution >= 4 is 11.8 Å². The van der Waals surface area contributed by atoms with Crippen molar-refractivity contribution in [1.29, 1.82) is 0 Å². The lowest BCUT2D eigenvalue weighted by Gasteiger charge is -2.56. The monoisotopic (exact) mass is 318 g/mol. The van der Waals surface area contributed by atoms with Gasteiger partial charge >= 0.3 is 0 Å². The molecular weight excluding hydrogens is 288 g/mol. The Morgan fingerprint density at radius 2 is 1.74 bits per heavy atom. The molecule has 0 aromatic carbocycles. The first-order valence-electron chi connectivity index (χ1n) is 9.54. The van der Waals surface area contributed by atoms with Crippen LogP contribution >= 0.6 is 0 Å². The Bertz CT molecular complexity index is 478. The Morgan fingerprint density at radius 1 is 1.17 bits per heavy atom. The number of carbonyl (C=O) groups excluding carboxylic acids is 2. The first-order chi connectivity index (χ1) is 10.9. The zero-order valence-electron chi connectivity index (χ0n) is 14.5. The summed E-state index contributed by atoms with van der Waals surface area (Å²) in [5, 5.41) is 3.06. The molecule has 0 spiro atoms. The highest BCUT2D eigenvalue weighted by Gasteiger charge is 2.51. The van der Waals surface area contributed by atoms with Crippen molar-refractivity contribution in [3.8, 4) is 0 Å². The Morgan fingerprint density at radius 3 is 2.22 bits per heavy atom. The predicted molar refractivity (Wildman–Crippen MR) is 88.6 cm³/mol. The van der Waals surface area contributed by atoms with Gasteiger partial charge in [0.2, 0.25) is 11.8 Å². The van der Waals surface area contributed by atoms with Gasteiger partial charge in [-0.15, -0.1) is 0 Å². The molecule has 1 atom stereocenters. The second kappa shape index (κ2) is 5.49. The second-order valence-corrected chi connectivity index (χ2v) is 9.13. The fraction of sp³-hybridized carbons (Fsp3) is 0.895. The van der Waals surface area contributed by atoms with E-state index in [0.29, 0.717) is 6.42 Å². The van der Waals surface area contributed by atoms with Gasteiger partial charge in [-0.2, -0.15) is 0 Å². The van der Waals surface area contributed by atoms with Crippen LogP contribution in [0.4, 0.5) is 0 Å². The lowest BCUT2D eigenvalue weighted by atomic mass is 9.49. The van der Waals surface area contributed by atoms with Gasteiger partial charge in [0.25, 0.3) is 0 Å². The van der Waals surface area contributed by atoms with Crippen molar-refractivity contribution < 1.29 is 9.59 Å². The van der Waals surface area contributed by atoms with Crippen LogP contribution in [-0.2, 0) is 9.59 Å². The van der Waals surface area contributed by atoms with E-state index in [0.717, 1.165) is 30.7 Å². The minimum absolute atomic E-state index is 0.110. The Kier molecular flexibility index (Phi) is 3.69. The summed E-state index contributed by atoms with van der Waals surface area (Å²) in [4.78, 5) is 26.9. The number of likely N-dealkylation sites (tertiary alicyclic amines) is 1. The second-order valence-electron chi connectivity index (χ2n) is 9.13. The van der Waals surface area contributed by atoms with Gasteiger partial charge in [0.1, 0.15) is 6.04 Å². The Labute approximate surface area is 139 Å². The Hall–Kier alpha value is -1.06. The summed E-state index contributed by atoms with van der Waals surface area (Å²) < 4.78 is 0. The van der Waals surface area contributed by atoms with Gasteiger partial charge < -0.3 is 10.2 Å². The summed E-state index contributed by atoms with van der Waals surface area (Å²) in [5.74, 6) is 2.85. The molecule has 5 aliphatic rings. The summed E-state index contributed by atoms with van der Waals surface area (Å²) in [6.07, 6.45) is 9.41. The van der Waals surface area contributed by atoms with E-state index in [9.17, 15) is 9.59 Å². The average Bonchev–Trinajstić information content (AvgIpc) is 2.77. The largest absolute Gasteiger partial charge is 0.344 e. The van der Waals surface area contributed by atoms with Gasteiger partial charge in [0.05, 0.1) is 0 Å². The smallest absolute Gasteiger partial charge is 0.245 e. The van der Waals surface area contributed by atoms with Crippen molar-refractivity contribution in [2.24, 2.45) is 23.2 Å². The highest BCUT2D eigenvalue weighted by Crippen LogP contribution is 2.61. The maximum absolute atomic E-state index is 12.6. The summed E-state index contributed by atoms with van der Waals surface area (Å²) >= 11 is 0. The zero-order valence-corrected chi connectivity index (χ0v) is 14.5. The topological polar surface area (TPSA) is 49.4 Å². The van der Waals surface area contributed by atoms with Crippen LogP contribution in [-0.4, -0.2) is 35.3 Å². The van der Waals surface area contributed by atoms with E-state index in [2.05, 4.69) is 5.32 Å². The molecule has 1 aliphatic heterocycles. The van der Waals surface area contributed by atoms with Crippen LogP contribution in [0.3, 0.4) is 0 Å². The SMILES string of the molecule is CC(C)N1CC[C@@H](NC(=O)CC23CC4CC(CC(C4)C2)C3)C1=O. The average molecular weight is 318 g/mol. The van der Waals surface area contributed by atoms with Crippen molar-refractivity contribution in [3.05, 3.63) is 0 Å². The number of nitrogens with one attached hydrogen (secondary N) is 1. The maximum atomic E-state index is 12.6. The van der Waals surface area contributed by atoms with Gasteiger partial charge in [0.15, 0.2) is 0 Å². The number of amides is 2. The molecule has 4 nitrogen and oxygen atoms in total. The van der Waals surface area contributed by atoms with E-state index in [1.807, 2.05) is 18.7 Å². The molecule has 0 aromatic rings. The van der Waals surface area contributed by atoms with Crippen LogP contribution in [0, 0.1) is 23.2 Å². The summed E-state index contributed by atoms with van der Waals surface area (Å²) in [5.41, 5.74) is 0.262. The molecule has 1 heterocycles. The summed E-state index contributed by atoms with van der Waals surface area (Å²) in [6.45, 7) is 4.86. The van der Waals surface area contributed by atoms with Crippen LogP contribution in [0.5, 0.6) is 0 Å². The summed E-state index contributed by atoms with van der Waals surface area (Å²) in [6, 6.07) is -0.0497. The van der Waals surface area contributed by atoms with Crippen molar-refractivity contribution in [1.82, 2.24) is 10.2 Å². The third-order valence-electron chi connectivity index (χ3n) is 6.90. The van der Waals surface area contributed by atoms with Gasteiger partial charge in [0, 0.05) is 19.0 Å². The van der Waals surface area contributed by atoms with Crippen molar-refractivity contribution in [3.63, 3.8) is 0 Å². The third-order valence-corrected chi connectivity index (χ3v) is 6.90. The normalized spacial score (nSPS) is 41.9. The molecule has 0 radical (unpaired) electrons. The summed E-state index contributed by atoms with van der Waals surface area (Å²) in [7, 11) is 0. The molecule has 4 saturated carbocycles. The third kappa shape index (κ3) is 2.78. The molecule has 5 fully saturated rings. The highest BCUT2D eigenvalue weighted by atomic mass is 16.2. The predicted octanol–water partition coefficient (Wildman–Crippen LogP) is 2.72. The molecule has 23 heavy (non-hydrogen) atoms. The molecule has 4 bridgehead atoms. The van der Waals surface area contributed by atoms with E-state index in [4.69, 9.17) is 0 Å². The van der Waals surface area contributed by atoms with Crippen LogP contribution in [0.15, 0.2) is 0 Å². The standard InChI is InChI=1S/C19H30N2O2/c1-12(2)21-4-3-16(18(21)23)20-17(22)11-19-8-13-5-14(9-19)7-15(6-13)10-19/h12-16H,3-11H2,1-2H3,(H,20,22)/t13?,14?,15?,16-,19?/m1/s1. The Balaban J connectivity index is 1.37. The minimum Gasteiger partial charge on any atom is -0.344 e. The van der Waals surface area contributed by atoms with E-state index < -0.39 is 0 Å². The molecule has 4 heteroatoms. The van der Waals surface area contributed by atoms with Gasteiger partial charge in [-0.05, 0) is 82.0 Å². The number of rotatable bonds is 4. The molecule has 5 rings (SSSR count). The zero-order chi connectivity index (χ0) is 16.2. The van der Waals surface area contributed by atoms with E-state index in [1.165, 1.54) is 38.5 Å². The van der Waals surface area contributed by atoms with Gasteiger partial charge in [-0.3, -0.25) is 9.59 Å².